The van der Waals surface area contributed by atoms with Gasteiger partial charge in [-0.1, -0.05) is 12.8 Å². The summed E-state index contributed by atoms with van der Waals surface area (Å²) >= 11 is 0. The van der Waals surface area contributed by atoms with Gasteiger partial charge in [0.25, 0.3) is 0 Å². The number of carbonyl (C=O) groups is 3. The molecule has 0 aromatic carbocycles. The van der Waals surface area contributed by atoms with E-state index in [1.54, 1.807) is 4.90 Å². The van der Waals surface area contributed by atoms with Crippen LogP contribution in [-0.2, 0) is 28.6 Å². The van der Waals surface area contributed by atoms with Crippen LogP contribution in [0, 0.1) is 0 Å². The van der Waals surface area contributed by atoms with Crippen molar-refractivity contribution in [3.05, 3.63) is 0 Å². The molecule has 1 aliphatic carbocycles. The molecule has 13 heteroatoms. The average Bonchev–Trinajstić information content (AvgIpc) is 3.30. The van der Waals surface area contributed by atoms with E-state index in [-0.39, 0.29) is 24.5 Å². The Morgan fingerprint density at radius 1 is 0.952 bits per heavy atom. The van der Waals surface area contributed by atoms with Gasteiger partial charge in [0.15, 0.2) is 6.29 Å². The van der Waals surface area contributed by atoms with Crippen molar-refractivity contribution in [1.29, 1.82) is 0 Å². The first-order valence-electron chi connectivity index (χ1n) is 15.6. The summed E-state index contributed by atoms with van der Waals surface area (Å²) in [6.07, 6.45) is 4.20. The Balaban J connectivity index is 1.19. The number of likely N-dealkylation sites (tertiary alicyclic amines) is 1. The number of rotatable bonds is 18. The molecule has 242 valence electrons. The van der Waals surface area contributed by atoms with Crippen molar-refractivity contribution in [3.8, 4) is 0 Å². The molecule has 0 radical (unpaired) electrons. The van der Waals surface area contributed by atoms with Crippen LogP contribution >= 0.6 is 0 Å². The lowest BCUT2D eigenvalue weighted by atomic mass is 9.96. The summed E-state index contributed by atoms with van der Waals surface area (Å²) in [5.41, 5.74) is 0. The lowest BCUT2D eigenvalue weighted by Crippen LogP contribution is -2.64. The number of ether oxygens (including phenoxy) is 3. The largest absolute Gasteiger partial charge is 0.394 e. The van der Waals surface area contributed by atoms with Crippen LogP contribution in [0.5, 0.6) is 0 Å². The van der Waals surface area contributed by atoms with Crippen LogP contribution < -0.4 is 10.6 Å². The van der Waals surface area contributed by atoms with Crippen LogP contribution in [0.4, 0.5) is 0 Å². The number of amides is 3. The zero-order chi connectivity index (χ0) is 30.5. The SMILES string of the molecule is CC(=O)NC1C(OCCCCCC(=O)NCCCCCC(=O)N2C[C@H](O)C[C@H]2COC2CCC2)OC(CO)C(O)C1O. The molecule has 3 amide bonds. The second-order valence-electron chi connectivity index (χ2n) is 11.8. The monoisotopic (exact) mass is 601 g/mol. The van der Waals surface area contributed by atoms with E-state index >= 15 is 0 Å². The van der Waals surface area contributed by atoms with E-state index in [9.17, 15) is 34.8 Å². The number of unbranched alkanes of at least 4 members (excludes halogenated alkanes) is 4. The molecule has 1 saturated carbocycles. The first kappa shape index (κ1) is 34.6. The standard InChI is InChI=1S/C29H51N3O10/c1-19(34)31-26-28(39)27(38)23(17-33)42-29(26)40-14-7-3-4-11-24(36)30-13-6-2-5-12-25(37)32-16-21(35)15-20(32)18-41-22-9-8-10-22/h20-23,26-29,33,35,38-39H,2-18H2,1H3,(H,30,36)(H,31,34)/t20-,21+,23?,26?,27?,28?,29?/m0/s1. The molecular formula is C29H51N3O10. The minimum atomic E-state index is -1.35. The van der Waals surface area contributed by atoms with E-state index in [0.29, 0.717) is 57.9 Å². The third kappa shape index (κ3) is 11.0. The van der Waals surface area contributed by atoms with Crippen molar-refractivity contribution in [3.63, 3.8) is 0 Å². The predicted molar refractivity (Wildman–Crippen MR) is 151 cm³/mol. The van der Waals surface area contributed by atoms with E-state index < -0.39 is 49.3 Å². The molecule has 0 spiro atoms. The molecule has 2 saturated heterocycles. The Morgan fingerprint density at radius 2 is 1.69 bits per heavy atom. The topological polar surface area (TPSA) is 187 Å². The number of β-amino-alcohol motifs (C(OH)–C–C–N with tert-alkyl or cyclic N) is 1. The van der Waals surface area contributed by atoms with Crippen LogP contribution in [0.25, 0.3) is 0 Å². The van der Waals surface area contributed by atoms with E-state index in [4.69, 9.17) is 14.2 Å². The molecule has 3 aliphatic rings. The van der Waals surface area contributed by atoms with Crippen molar-refractivity contribution in [2.45, 2.75) is 133 Å². The number of nitrogens with zero attached hydrogens (tertiary/aromatic N) is 1. The number of nitrogens with one attached hydrogen (secondary N) is 2. The Morgan fingerprint density at radius 3 is 2.38 bits per heavy atom. The van der Waals surface area contributed by atoms with Gasteiger partial charge in [-0.25, -0.2) is 0 Å². The molecular weight excluding hydrogens is 550 g/mol. The number of hydrogen-bond acceptors (Lipinski definition) is 10. The molecule has 2 aliphatic heterocycles. The van der Waals surface area contributed by atoms with E-state index in [2.05, 4.69) is 10.6 Å². The maximum absolute atomic E-state index is 12.7. The van der Waals surface area contributed by atoms with E-state index in [0.717, 1.165) is 38.5 Å². The van der Waals surface area contributed by atoms with Gasteiger partial charge in [-0.15, -0.1) is 0 Å². The van der Waals surface area contributed by atoms with E-state index in [1.807, 2.05) is 0 Å². The van der Waals surface area contributed by atoms with Crippen molar-refractivity contribution < 1.29 is 49.0 Å². The van der Waals surface area contributed by atoms with Crippen LogP contribution in [0.2, 0.25) is 0 Å². The van der Waals surface area contributed by atoms with Crippen LogP contribution in [-0.4, -0.2) is 125 Å². The Kier molecular flexibility index (Phi) is 14.9. The molecule has 3 rings (SSSR count). The Hall–Kier alpha value is -1.87. The normalized spacial score (nSPS) is 29.7. The van der Waals surface area contributed by atoms with Crippen LogP contribution in [0.3, 0.4) is 0 Å². The fraction of sp³-hybridized carbons (Fsp3) is 0.897. The molecule has 3 fully saturated rings. The summed E-state index contributed by atoms with van der Waals surface area (Å²) in [6, 6.07) is -1.01. The summed E-state index contributed by atoms with van der Waals surface area (Å²) in [5, 5.41) is 45.2. The van der Waals surface area contributed by atoms with Crippen LogP contribution in [0.15, 0.2) is 0 Å². The highest BCUT2D eigenvalue weighted by atomic mass is 16.7. The maximum atomic E-state index is 12.7. The fourth-order valence-electron chi connectivity index (χ4n) is 5.55. The van der Waals surface area contributed by atoms with Gasteiger partial charge in [-0.2, -0.15) is 0 Å². The average molecular weight is 602 g/mol. The minimum absolute atomic E-state index is 0.0309. The lowest BCUT2D eigenvalue weighted by Gasteiger charge is -2.42. The third-order valence-electron chi connectivity index (χ3n) is 8.26. The number of hydrogen-bond donors (Lipinski definition) is 6. The first-order chi connectivity index (χ1) is 20.2. The van der Waals surface area contributed by atoms with Crippen LogP contribution in [0.1, 0.15) is 84.0 Å². The van der Waals surface area contributed by atoms with Gasteiger partial charge in [-0.05, 0) is 51.4 Å². The second-order valence-corrected chi connectivity index (χ2v) is 11.8. The lowest BCUT2D eigenvalue weighted by molar-refractivity contribution is -0.270. The van der Waals surface area contributed by atoms with Crippen molar-refractivity contribution >= 4 is 17.7 Å². The van der Waals surface area contributed by atoms with Gasteiger partial charge in [0.2, 0.25) is 17.7 Å². The fourth-order valence-corrected chi connectivity index (χ4v) is 5.55. The highest BCUT2D eigenvalue weighted by Crippen LogP contribution is 2.26. The Bertz CT molecular complexity index is 844. The number of aliphatic hydroxyl groups excluding tert-OH is 4. The van der Waals surface area contributed by atoms with E-state index in [1.165, 1.54) is 13.3 Å². The highest BCUT2D eigenvalue weighted by molar-refractivity contribution is 5.77. The van der Waals surface area contributed by atoms with Gasteiger partial charge >= 0.3 is 0 Å². The van der Waals surface area contributed by atoms with Gasteiger partial charge in [0, 0.05) is 39.5 Å². The molecule has 5 unspecified atom stereocenters. The molecule has 0 aromatic heterocycles. The highest BCUT2D eigenvalue weighted by Gasteiger charge is 2.45. The number of carbonyl (C=O) groups excluding carboxylic acids is 3. The Labute approximate surface area is 248 Å². The zero-order valence-corrected chi connectivity index (χ0v) is 24.8. The molecule has 42 heavy (non-hydrogen) atoms. The summed E-state index contributed by atoms with van der Waals surface area (Å²) in [4.78, 5) is 38.1. The molecule has 13 nitrogen and oxygen atoms in total. The van der Waals surface area contributed by atoms with Crippen molar-refractivity contribution in [2.75, 3.05) is 32.9 Å². The van der Waals surface area contributed by atoms with Gasteiger partial charge in [0.1, 0.15) is 24.4 Å². The maximum Gasteiger partial charge on any atom is 0.222 e. The summed E-state index contributed by atoms with van der Waals surface area (Å²) < 4.78 is 17.1. The van der Waals surface area contributed by atoms with Crippen molar-refractivity contribution in [2.24, 2.45) is 0 Å². The van der Waals surface area contributed by atoms with Gasteiger partial charge in [0.05, 0.1) is 31.5 Å². The van der Waals surface area contributed by atoms with Gasteiger partial charge in [-0.3, -0.25) is 14.4 Å². The number of aliphatic hydroxyl groups is 4. The quantitative estimate of drug-likeness (QED) is 0.114. The minimum Gasteiger partial charge on any atom is -0.394 e. The molecule has 6 N–H and O–H groups in total. The zero-order valence-electron chi connectivity index (χ0n) is 24.8. The summed E-state index contributed by atoms with van der Waals surface area (Å²) in [6.45, 7) is 2.47. The smallest absolute Gasteiger partial charge is 0.222 e. The molecule has 7 atom stereocenters. The molecule has 0 bridgehead atoms. The molecule has 2 heterocycles. The summed E-state index contributed by atoms with van der Waals surface area (Å²) in [5.74, 6) is -0.382. The van der Waals surface area contributed by atoms with Crippen molar-refractivity contribution in [1.82, 2.24) is 15.5 Å². The second kappa shape index (κ2) is 18.1. The first-order valence-corrected chi connectivity index (χ1v) is 15.6. The third-order valence-corrected chi connectivity index (χ3v) is 8.26. The predicted octanol–water partition coefficient (Wildman–Crippen LogP) is -0.285. The van der Waals surface area contributed by atoms with Gasteiger partial charge < -0.3 is 50.2 Å². The molecule has 0 aromatic rings. The summed E-state index contributed by atoms with van der Waals surface area (Å²) in [7, 11) is 0.